The number of aromatic amines is 1. The lowest BCUT2D eigenvalue weighted by molar-refractivity contribution is -0.133. The summed E-state index contributed by atoms with van der Waals surface area (Å²) in [4.78, 5) is 18.1. The van der Waals surface area contributed by atoms with E-state index in [1.54, 1.807) is 0 Å². The van der Waals surface area contributed by atoms with Gasteiger partial charge in [0.25, 0.3) is 0 Å². The molecule has 1 aromatic heterocycles. The van der Waals surface area contributed by atoms with Gasteiger partial charge in [0.2, 0.25) is 0 Å². The van der Waals surface area contributed by atoms with Crippen molar-refractivity contribution in [3.8, 4) is 11.1 Å². The van der Waals surface area contributed by atoms with E-state index in [1.165, 1.54) is 0 Å². The van der Waals surface area contributed by atoms with Gasteiger partial charge in [-0.05, 0) is 29.8 Å². The van der Waals surface area contributed by atoms with E-state index < -0.39 is 5.97 Å². The van der Waals surface area contributed by atoms with E-state index in [0.29, 0.717) is 10.2 Å². The van der Waals surface area contributed by atoms with Crippen molar-refractivity contribution in [3.63, 3.8) is 0 Å². The summed E-state index contributed by atoms with van der Waals surface area (Å²) in [5, 5.41) is 9.91. The number of hydrogen-bond donors (Lipinski definition) is 2. The summed E-state index contributed by atoms with van der Waals surface area (Å²) in [7, 11) is 0. The van der Waals surface area contributed by atoms with Crippen molar-refractivity contribution < 1.29 is 9.90 Å². The molecule has 0 unspecified atom stereocenters. The van der Waals surface area contributed by atoms with Crippen LogP contribution >= 0.6 is 39.3 Å². The second-order valence-corrected chi connectivity index (χ2v) is 6.87. The number of aliphatic carboxylic acids is 1. The Balaban J connectivity index is 2.00. The Morgan fingerprint density at radius 3 is 2.73 bits per heavy atom. The number of imidazole rings is 1. The smallest absolute Gasteiger partial charge is 0.313 e. The first-order valence-electron chi connectivity index (χ1n) is 6.33. The number of carboxylic acids is 1. The summed E-state index contributed by atoms with van der Waals surface area (Å²) in [5.74, 6) is -0.910. The summed E-state index contributed by atoms with van der Waals surface area (Å²) in [6.07, 6.45) is 0. The Hall–Kier alpha value is -1.50. The van der Waals surface area contributed by atoms with Crippen molar-refractivity contribution >= 4 is 56.3 Å². The molecule has 0 aliphatic rings. The Bertz CT molecular complexity index is 849. The Morgan fingerprint density at radius 1 is 1.32 bits per heavy atom. The molecule has 1 heterocycles. The zero-order valence-corrected chi connectivity index (χ0v) is 14.3. The van der Waals surface area contributed by atoms with Gasteiger partial charge in [-0.3, -0.25) is 4.79 Å². The van der Waals surface area contributed by atoms with E-state index in [1.807, 2.05) is 36.4 Å². The second kappa shape index (κ2) is 6.32. The number of carbonyl (C=O) groups is 1. The van der Waals surface area contributed by atoms with Crippen molar-refractivity contribution in [3.05, 3.63) is 45.9 Å². The number of thioether (sulfide) groups is 1. The maximum atomic E-state index is 10.6. The third-order valence-electron chi connectivity index (χ3n) is 3.04. The van der Waals surface area contributed by atoms with Gasteiger partial charge in [0, 0.05) is 10.0 Å². The fourth-order valence-corrected chi connectivity index (χ4v) is 3.20. The Morgan fingerprint density at radius 2 is 2.05 bits per heavy atom. The SMILES string of the molecule is O=C(O)CSc1nc2cc(-c3ccc(Br)cc3)c(Cl)cc2[nH]1. The van der Waals surface area contributed by atoms with Gasteiger partial charge in [-0.25, -0.2) is 4.98 Å². The number of nitrogens with zero attached hydrogens (tertiary/aromatic N) is 1. The molecule has 2 aromatic carbocycles. The summed E-state index contributed by atoms with van der Waals surface area (Å²) >= 11 is 10.9. The summed E-state index contributed by atoms with van der Waals surface area (Å²) < 4.78 is 1.00. The molecule has 2 N–H and O–H groups in total. The number of fused-ring (bicyclic) bond motifs is 1. The highest BCUT2D eigenvalue weighted by atomic mass is 79.9. The number of H-pyrrole nitrogens is 1. The number of rotatable bonds is 4. The molecular formula is C15H10BrClN2O2S. The molecule has 0 aliphatic carbocycles. The molecule has 112 valence electrons. The monoisotopic (exact) mass is 396 g/mol. The van der Waals surface area contributed by atoms with Crippen LogP contribution in [-0.4, -0.2) is 26.8 Å². The lowest BCUT2D eigenvalue weighted by Crippen LogP contribution is -1.97. The number of carboxylic acid groups (broad SMARTS) is 1. The normalized spacial score (nSPS) is 11.0. The molecule has 0 radical (unpaired) electrons. The highest BCUT2D eigenvalue weighted by Crippen LogP contribution is 2.33. The first-order valence-corrected chi connectivity index (χ1v) is 8.48. The van der Waals surface area contributed by atoms with Gasteiger partial charge in [-0.2, -0.15) is 0 Å². The van der Waals surface area contributed by atoms with Crippen LogP contribution in [-0.2, 0) is 4.79 Å². The lowest BCUT2D eigenvalue weighted by Gasteiger charge is -2.04. The molecule has 0 saturated heterocycles. The minimum absolute atomic E-state index is 0.0346. The molecule has 7 heteroatoms. The van der Waals surface area contributed by atoms with Gasteiger partial charge in [0.15, 0.2) is 5.16 Å². The van der Waals surface area contributed by atoms with Crippen LogP contribution in [0.4, 0.5) is 0 Å². The largest absolute Gasteiger partial charge is 0.481 e. The molecule has 3 aromatic rings. The van der Waals surface area contributed by atoms with Gasteiger partial charge in [0.1, 0.15) is 0 Å². The van der Waals surface area contributed by atoms with Crippen LogP contribution in [0.5, 0.6) is 0 Å². The van der Waals surface area contributed by atoms with Crippen LogP contribution < -0.4 is 0 Å². The number of halogens is 2. The molecule has 4 nitrogen and oxygen atoms in total. The number of hydrogen-bond acceptors (Lipinski definition) is 3. The van der Waals surface area contributed by atoms with Crippen LogP contribution in [0.2, 0.25) is 5.02 Å². The fourth-order valence-electron chi connectivity index (χ4n) is 2.06. The third-order valence-corrected chi connectivity index (χ3v) is 4.74. The van der Waals surface area contributed by atoms with Gasteiger partial charge in [-0.15, -0.1) is 0 Å². The molecule has 0 fully saturated rings. The van der Waals surface area contributed by atoms with E-state index in [0.717, 1.165) is 38.4 Å². The number of aromatic nitrogens is 2. The fraction of sp³-hybridized carbons (Fsp3) is 0.0667. The Kier molecular flexibility index (Phi) is 4.42. The topological polar surface area (TPSA) is 66.0 Å². The zero-order valence-electron chi connectivity index (χ0n) is 11.1. The zero-order chi connectivity index (χ0) is 15.7. The van der Waals surface area contributed by atoms with E-state index >= 15 is 0 Å². The highest BCUT2D eigenvalue weighted by Gasteiger charge is 2.11. The van der Waals surface area contributed by atoms with Crippen LogP contribution in [0.3, 0.4) is 0 Å². The minimum Gasteiger partial charge on any atom is -0.481 e. The summed E-state index contributed by atoms with van der Waals surface area (Å²) in [6, 6.07) is 11.6. The second-order valence-electron chi connectivity index (χ2n) is 4.58. The number of benzene rings is 2. The van der Waals surface area contributed by atoms with E-state index in [4.69, 9.17) is 16.7 Å². The first kappa shape index (κ1) is 15.4. The molecule has 3 rings (SSSR count). The third kappa shape index (κ3) is 3.29. The van der Waals surface area contributed by atoms with Crippen molar-refractivity contribution in [2.45, 2.75) is 5.16 Å². The van der Waals surface area contributed by atoms with Crippen LogP contribution in [0.15, 0.2) is 46.0 Å². The quantitative estimate of drug-likeness (QED) is 0.619. The Labute approximate surface area is 144 Å². The molecule has 0 aliphatic heterocycles. The maximum absolute atomic E-state index is 10.6. The molecule has 22 heavy (non-hydrogen) atoms. The maximum Gasteiger partial charge on any atom is 0.313 e. The molecule has 0 amide bonds. The van der Waals surface area contributed by atoms with Crippen molar-refractivity contribution in [2.75, 3.05) is 5.75 Å². The highest BCUT2D eigenvalue weighted by molar-refractivity contribution is 9.10. The van der Waals surface area contributed by atoms with E-state index in [2.05, 4.69) is 25.9 Å². The van der Waals surface area contributed by atoms with Crippen molar-refractivity contribution in [1.82, 2.24) is 9.97 Å². The van der Waals surface area contributed by atoms with Crippen LogP contribution in [0, 0.1) is 0 Å². The van der Waals surface area contributed by atoms with Crippen LogP contribution in [0.1, 0.15) is 0 Å². The van der Waals surface area contributed by atoms with Gasteiger partial charge in [-0.1, -0.05) is 51.4 Å². The number of nitrogens with one attached hydrogen (secondary N) is 1. The van der Waals surface area contributed by atoms with Crippen LogP contribution in [0.25, 0.3) is 22.2 Å². The molecule has 0 atom stereocenters. The minimum atomic E-state index is -0.876. The predicted molar refractivity (Wildman–Crippen MR) is 92.6 cm³/mol. The first-order chi connectivity index (χ1) is 10.5. The predicted octanol–water partition coefficient (Wildman–Crippen LogP) is 4.82. The van der Waals surface area contributed by atoms with Gasteiger partial charge in [0.05, 0.1) is 21.8 Å². The van der Waals surface area contributed by atoms with E-state index in [9.17, 15) is 4.79 Å². The molecule has 0 bridgehead atoms. The summed E-state index contributed by atoms with van der Waals surface area (Å²) in [5.41, 5.74) is 3.44. The summed E-state index contributed by atoms with van der Waals surface area (Å²) in [6.45, 7) is 0. The van der Waals surface area contributed by atoms with Crippen molar-refractivity contribution in [2.24, 2.45) is 0 Å². The van der Waals surface area contributed by atoms with Gasteiger partial charge >= 0.3 is 5.97 Å². The average Bonchev–Trinajstić information content (AvgIpc) is 2.87. The molecular weight excluding hydrogens is 388 g/mol. The van der Waals surface area contributed by atoms with Gasteiger partial charge < -0.3 is 10.1 Å². The average molecular weight is 398 g/mol. The molecule has 0 spiro atoms. The standard InChI is InChI=1S/C15H10BrClN2O2S/c16-9-3-1-8(2-4-9)10-5-12-13(6-11(10)17)19-15(18-12)22-7-14(20)21/h1-6H,7H2,(H,18,19)(H,20,21). The van der Waals surface area contributed by atoms with Crippen molar-refractivity contribution in [1.29, 1.82) is 0 Å². The lowest BCUT2D eigenvalue weighted by atomic mass is 10.1. The van der Waals surface area contributed by atoms with E-state index in [-0.39, 0.29) is 5.75 Å². The molecule has 0 saturated carbocycles.